The van der Waals surface area contributed by atoms with Gasteiger partial charge in [0.1, 0.15) is 10.8 Å². The minimum absolute atomic E-state index is 0.135. The van der Waals surface area contributed by atoms with Crippen molar-refractivity contribution in [2.24, 2.45) is 0 Å². The number of anilines is 2. The first-order valence-electron chi connectivity index (χ1n) is 10.8. The van der Waals surface area contributed by atoms with Gasteiger partial charge in [0.25, 0.3) is 5.91 Å². The molecule has 3 heterocycles. The van der Waals surface area contributed by atoms with Gasteiger partial charge in [-0.15, -0.1) is 10.2 Å². The van der Waals surface area contributed by atoms with Crippen LogP contribution in [0.5, 0.6) is 17.2 Å². The van der Waals surface area contributed by atoms with Crippen molar-refractivity contribution in [2.45, 2.75) is 18.8 Å². The maximum Gasteiger partial charge on any atom is 0.321 e. The van der Waals surface area contributed by atoms with E-state index in [2.05, 4.69) is 20.8 Å². The molecule has 34 heavy (non-hydrogen) atoms. The van der Waals surface area contributed by atoms with Gasteiger partial charge >= 0.3 is 6.03 Å². The Balaban J connectivity index is 1.14. The fraction of sp³-hybridized carbons (Fsp3) is 0.304. The lowest BCUT2D eigenvalue weighted by molar-refractivity contribution is 0.102. The van der Waals surface area contributed by atoms with Crippen molar-refractivity contribution in [1.29, 1.82) is 0 Å². The van der Waals surface area contributed by atoms with Gasteiger partial charge in [-0.05, 0) is 49.2 Å². The summed E-state index contributed by atoms with van der Waals surface area (Å²) in [6.45, 7) is 1.38. The lowest BCUT2D eigenvalue weighted by atomic mass is 9.98. The quantitative estimate of drug-likeness (QED) is 0.567. The third-order valence-electron chi connectivity index (χ3n) is 5.74. The molecule has 1 saturated heterocycles. The second kappa shape index (κ2) is 9.56. The average Bonchev–Trinajstić information content (AvgIpc) is 3.54. The Bertz CT molecular complexity index is 1190. The molecular weight excluding hydrogens is 458 g/mol. The van der Waals surface area contributed by atoms with E-state index in [1.54, 1.807) is 54.5 Å². The molecule has 0 radical (unpaired) electrons. The number of piperidine rings is 1. The van der Waals surface area contributed by atoms with Gasteiger partial charge in [-0.2, -0.15) is 0 Å². The topological polar surface area (TPSA) is 115 Å². The average molecular weight is 482 g/mol. The second-order valence-electron chi connectivity index (χ2n) is 7.89. The van der Waals surface area contributed by atoms with Crippen molar-refractivity contribution < 1.29 is 23.8 Å². The van der Waals surface area contributed by atoms with Crippen LogP contribution in [0.2, 0.25) is 0 Å². The van der Waals surface area contributed by atoms with Crippen LogP contribution in [-0.2, 0) is 0 Å². The number of rotatable bonds is 5. The predicted molar refractivity (Wildman–Crippen MR) is 126 cm³/mol. The summed E-state index contributed by atoms with van der Waals surface area (Å²) in [7, 11) is 1.60. The molecule has 3 amide bonds. The van der Waals surface area contributed by atoms with E-state index in [1.807, 2.05) is 0 Å². The van der Waals surface area contributed by atoms with Gasteiger partial charge in [-0.1, -0.05) is 11.3 Å². The van der Waals surface area contributed by atoms with E-state index < -0.39 is 0 Å². The Morgan fingerprint density at radius 3 is 2.50 bits per heavy atom. The van der Waals surface area contributed by atoms with Crippen LogP contribution in [0, 0.1) is 0 Å². The van der Waals surface area contributed by atoms with Crippen LogP contribution in [0.15, 0.2) is 42.5 Å². The van der Waals surface area contributed by atoms with Gasteiger partial charge in [0.05, 0.1) is 7.11 Å². The van der Waals surface area contributed by atoms with Crippen LogP contribution >= 0.6 is 11.3 Å². The molecule has 0 unspecified atom stereocenters. The van der Waals surface area contributed by atoms with E-state index in [-0.39, 0.29) is 24.6 Å². The number of nitrogens with zero attached hydrogens (tertiary/aromatic N) is 3. The van der Waals surface area contributed by atoms with Crippen LogP contribution in [0.3, 0.4) is 0 Å². The minimum Gasteiger partial charge on any atom is -0.497 e. The summed E-state index contributed by atoms with van der Waals surface area (Å²) in [4.78, 5) is 27.0. The zero-order valence-corrected chi connectivity index (χ0v) is 19.3. The molecule has 2 aromatic carbocycles. The smallest absolute Gasteiger partial charge is 0.321 e. The number of hydrogen-bond donors (Lipinski definition) is 2. The van der Waals surface area contributed by atoms with Gasteiger partial charge in [0.2, 0.25) is 11.8 Å². The van der Waals surface area contributed by atoms with Crippen LogP contribution < -0.4 is 24.8 Å². The summed E-state index contributed by atoms with van der Waals surface area (Å²) in [5.41, 5.74) is 1.32. The highest BCUT2D eigenvalue weighted by Gasteiger charge is 2.27. The Morgan fingerprint density at radius 1 is 1.00 bits per heavy atom. The lowest BCUT2D eigenvalue weighted by Gasteiger charge is -2.30. The van der Waals surface area contributed by atoms with Crippen molar-refractivity contribution in [2.75, 3.05) is 37.6 Å². The van der Waals surface area contributed by atoms with Crippen LogP contribution in [-0.4, -0.2) is 54.0 Å². The first-order chi connectivity index (χ1) is 16.6. The Kier molecular flexibility index (Phi) is 6.17. The predicted octanol–water partition coefficient (Wildman–Crippen LogP) is 3.94. The zero-order chi connectivity index (χ0) is 23.5. The Hall–Kier alpha value is -3.86. The monoisotopic (exact) mass is 481 g/mol. The van der Waals surface area contributed by atoms with E-state index in [9.17, 15) is 9.59 Å². The van der Waals surface area contributed by atoms with E-state index in [0.717, 1.165) is 29.3 Å². The number of nitrogens with one attached hydrogen (secondary N) is 2. The number of aromatic nitrogens is 2. The van der Waals surface area contributed by atoms with Gasteiger partial charge in [0, 0.05) is 36.4 Å². The molecule has 5 rings (SSSR count). The maximum absolute atomic E-state index is 12.6. The third-order valence-corrected chi connectivity index (χ3v) is 6.82. The number of benzene rings is 2. The van der Waals surface area contributed by atoms with Gasteiger partial charge in [-0.3, -0.25) is 4.79 Å². The molecule has 1 aromatic heterocycles. The Labute approximate surface area is 199 Å². The minimum atomic E-state index is -0.320. The van der Waals surface area contributed by atoms with Crippen LogP contribution in [0.1, 0.15) is 33.6 Å². The van der Waals surface area contributed by atoms with E-state index >= 15 is 0 Å². The standard InChI is InChI=1S/C23H23N5O5S/c1-31-17-5-2-15(3-6-17)25-23(30)28-10-8-14(9-11-28)21-26-27-22(34-21)20(29)24-16-4-7-18-19(12-16)33-13-32-18/h2-7,12,14H,8-11,13H2,1H3,(H,24,29)(H,25,30). The maximum atomic E-state index is 12.6. The molecule has 0 aliphatic carbocycles. The molecule has 2 aliphatic rings. The number of carbonyl (C=O) groups is 2. The number of carbonyl (C=O) groups excluding carboxylic acids is 2. The molecule has 0 spiro atoms. The molecular formula is C23H23N5O5S. The summed E-state index contributed by atoms with van der Waals surface area (Å²) < 4.78 is 15.8. The summed E-state index contributed by atoms with van der Waals surface area (Å²) in [5.74, 6) is 1.83. The number of hydrogen-bond acceptors (Lipinski definition) is 8. The number of urea groups is 1. The molecule has 0 bridgehead atoms. The first-order valence-corrected chi connectivity index (χ1v) is 11.6. The third kappa shape index (κ3) is 4.74. The molecule has 2 aliphatic heterocycles. The molecule has 2 N–H and O–H groups in total. The highest BCUT2D eigenvalue weighted by Crippen LogP contribution is 2.35. The second-order valence-corrected chi connectivity index (χ2v) is 8.90. The molecule has 3 aromatic rings. The lowest BCUT2D eigenvalue weighted by Crippen LogP contribution is -2.40. The molecule has 0 atom stereocenters. The van der Waals surface area contributed by atoms with Crippen molar-refractivity contribution in [3.63, 3.8) is 0 Å². The van der Waals surface area contributed by atoms with E-state index in [4.69, 9.17) is 14.2 Å². The number of likely N-dealkylation sites (tertiary alicyclic amines) is 1. The highest BCUT2D eigenvalue weighted by atomic mass is 32.1. The molecule has 1 fully saturated rings. The summed E-state index contributed by atoms with van der Waals surface area (Å²) in [6, 6.07) is 12.3. The highest BCUT2D eigenvalue weighted by molar-refractivity contribution is 7.13. The number of amides is 3. The number of fused-ring (bicyclic) bond motifs is 1. The fourth-order valence-electron chi connectivity index (χ4n) is 3.86. The van der Waals surface area contributed by atoms with Crippen LogP contribution in [0.25, 0.3) is 0 Å². The first kappa shape index (κ1) is 22.0. The SMILES string of the molecule is COc1ccc(NC(=O)N2CCC(c3nnc(C(=O)Nc4ccc5c(c4)OCO5)s3)CC2)cc1. The van der Waals surface area contributed by atoms with E-state index in [0.29, 0.717) is 35.3 Å². The van der Waals surface area contributed by atoms with Crippen molar-refractivity contribution in [1.82, 2.24) is 15.1 Å². The summed E-state index contributed by atoms with van der Waals surface area (Å²) in [6.07, 6.45) is 1.52. The normalized spacial score (nSPS) is 15.1. The largest absolute Gasteiger partial charge is 0.497 e. The van der Waals surface area contributed by atoms with Gasteiger partial charge < -0.3 is 29.7 Å². The summed E-state index contributed by atoms with van der Waals surface area (Å²) >= 11 is 1.29. The molecule has 11 heteroatoms. The van der Waals surface area contributed by atoms with E-state index in [1.165, 1.54) is 11.3 Å². The van der Waals surface area contributed by atoms with Crippen LogP contribution in [0.4, 0.5) is 16.2 Å². The van der Waals surface area contributed by atoms with Crippen molar-refractivity contribution >= 4 is 34.6 Å². The Morgan fingerprint density at radius 2 is 1.74 bits per heavy atom. The zero-order valence-electron chi connectivity index (χ0n) is 18.4. The van der Waals surface area contributed by atoms with Crippen molar-refractivity contribution in [3.05, 3.63) is 52.5 Å². The number of methoxy groups -OCH3 is 1. The number of ether oxygens (including phenoxy) is 3. The molecule has 10 nitrogen and oxygen atoms in total. The fourth-order valence-corrected chi connectivity index (χ4v) is 4.76. The van der Waals surface area contributed by atoms with Crippen molar-refractivity contribution in [3.8, 4) is 17.2 Å². The summed E-state index contributed by atoms with van der Waals surface area (Å²) in [5, 5.41) is 15.2. The van der Waals surface area contributed by atoms with Gasteiger partial charge in [-0.25, -0.2) is 4.79 Å². The molecule has 176 valence electrons. The molecule has 0 saturated carbocycles. The van der Waals surface area contributed by atoms with Gasteiger partial charge in [0.15, 0.2) is 11.5 Å².